The van der Waals surface area contributed by atoms with Crippen molar-refractivity contribution in [3.63, 3.8) is 0 Å². The minimum atomic E-state index is -0.385. The molecule has 1 saturated carbocycles. The van der Waals surface area contributed by atoms with Crippen molar-refractivity contribution < 1.29 is 9.59 Å². The van der Waals surface area contributed by atoms with Crippen LogP contribution in [0.1, 0.15) is 45.4 Å². The number of nitrogens with two attached hydrogens (primary N) is 1. The topological polar surface area (TPSA) is 96.6 Å². The van der Waals surface area contributed by atoms with E-state index in [1.807, 2.05) is 0 Å². The standard InChI is InChI=1S/C14H26N4O2/c1-10(19)12(8-5-9-17-14(15)16-2)18-13(20)11-6-3-4-7-11/h11-12H,3-9H2,1-2H3,(H,18,20)(H3,15,16,17)/t12-/m0/s1. The number of hydrogen-bond donors (Lipinski definition) is 3. The summed E-state index contributed by atoms with van der Waals surface area (Å²) in [6.07, 6.45) is 5.50. The number of nitrogens with zero attached hydrogens (tertiary/aromatic N) is 1. The van der Waals surface area contributed by atoms with E-state index in [2.05, 4.69) is 15.6 Å². The molecule has 4 N–H and O–H groups in total. The van der Waals surface area contributed by atoms with Crippen LogP contribution in [0.15, 0.2) is 4.99 Å². The lowest BCUT2D eigenvalue weighted by atomic mass is 10.0. The van der Waals surface area contributed by atoms with Crippen LogP contribution in [0, 0.1) is 5.92 Å². The third-order valence-corrected chi connectivity index (χ3v) is 3.75. The van der Waals surface area contributed by atoms with Gasteiger partial charge < -0.3 is 16.4 Å². The zero-order valence-electron chi connectivity index (χ0n) is 12.4. The molecule has 6 nitrogen and oxygen atoms in total. The van der Waals surface area contributed by atoms with Crippen LogP contribution in [0.2, 0.25) is 0 Å². The summed E-state index contributed by atoms with van der Waals surface area (Å²) in [4.78, 5) is 27.4. The molecule has 0 aliphatic heterocycles. The lowest BCUT2D eigenvalue weighted by Gasteiger charge is -2.18. The van der Waals surface area contributed by atoms with Gasteiger partial charge in [0.05, 0.1) is 6.04 Å². The molecule has 0 bridgehead atoms. The van der Waals surface area contributed by atoms with E-state index in [1.54, 1.807) is 7.05 Å². The largest absolute Gasteiger partial charge is 0.370 e. The second-order valence-corrected chi connectivity index (χ2v) is 5.33. The average Bonchev–Trinajstić information content (AvgIpc) is 2.95. The molecule has 0 saturated heterocycles. The molecule has 0 spiro atoms. The van der Waals surface area contributed by atoms with Crippen molar-refractivity contribution in [1.29, 1.82) is 0 Å². The fourth-order valence-corrected chi connectivity index (χ4v) is 2.46. The molecule has 0 heterocycles. The van der Waals surface area contributed by atoms with Gasteiger partial charge in [0.2, 0.25) is 5.91 Å². The maximum atomic E-state index is 12.0. The number of Topliss-reactive ketones (excluding diaryl/α,β-unsaturated/α-hetero) is 1. The number of aliphatic imine (C=N–C) groups is 1. The van der Waals surface area contributed by atoms with Crippen LogP contribution in [-0.2, 0) is 9.59 Å². The molecule has 20 heavy (non-hydrogen) atoms. The Morgan fingerprint density at radius 3 is 2.55 bits per heavy atom. The molecule has 6 heteroatoms. The zero-order chi connectivity index (χ0) is 15.0. The van der Waals surface area contributed by atoms with E-state index < -0.39 is 0 Å². The van der Waals surface area contributed by atoms with Gasteiger partial charge in [-0.15, -0.1) is 0 Å². The minimum absolute atomic E-state index is 0.00785. The molecule has 1 aliphatic rings. The SMILES string of the molecule is CN=C(N)NCCC[C@H](NC(=O)C1CCCC1)C(C)=O. The van der Waals surface area contributed by atoms with Crippen molar-refractivity contribution in [2.75, 3.05) is 13.6 Å². The van der Waals surface area contributed by atoms with Gasteiger partial charge in [0, 0.05) is 19.5 Å². The normalized spacial score (nSPS) is 17.8. The lowest BCUT2D eigenvalue weighted by Crippen LogP contribution is -2.43. The van der Waals surface area contributed by atoms with Gasteiger partial charge in [-0.3, -0.25) is 14.6 Å². The van der Waals surface area contributed by atoms with Gasteiger partial charge in [0.1, 0.15) is 0 Å². The Bertz CT molecular complexity index is 362. The first-order valence-corrected chi connectivity index (χ1v) is 7.31. The minimum Gasteiger partial charge on any atom is -0.370 e. The molecule has 0 aromatic rings. The fraction of sp³-hybridized carbons (Fsp3) is 0.786. The van der Waals surface area contributed by atoms with Crippen LogP contribution in [0.4, 0.5) is 0 Å². The van der Waals surface area contributed by atoms with Crippen LogP contribution in [0.5, 0.6) is 0 Å². The van der Waals surface area contributed by atoms with Crippen LogP contribution in [0.25, 0.3) is 0 Å². The van der Waals surface area contributed by atoms with E-state index in [0.29, 0.717) is 18.9 Å². The van der Waals surface area contributed by atoms with Crippen molar-refractivity contribution in [2.45, 2.75) is 51.5 Å². The third-order valence-electron chi connectivity index (χ3n) is 3.75. The van der Waals surface area contributed by atoms with Crippen LogP contribution in [-0.4, -0.2) is 37.3 Å². The molecule has 0 aromatic heterocycles. The van der Waals surface area contributed by atoms with Crippen molar-refractivity contribution in [1.82, 2.24) is 10.6 Å². The molecular formula is C14H26N4O2. The molecule has 0 radical (unpaired) electrons. The highest BCUT2D eigenvalue weighted by atomic mass is 16.2. The second kappa shape index (κ2) is 8.55. The Hall–Kier alpha value is -1.59. The van der Waals surface area contributed by atoms with E-state index in [1.165, 1.54) is 6.92 Å². The summed E-state index contributed by atoms with van der Waals surface area (Å²) >= 11 is 0. The number of nitrogens with one attached hydrogen (secondary N) is 2. The maximum Gasteiger partial charge on any atom is 0.223 e. The molecule has 1 atom stereocenters. The van der Waals surface area contributed by atoms with Crippen molar-refractivity contribution in [3.05, 3.63) is 0 Å². The summed E-state index contributed by atoms with van der Waals surface area (Å²) in [6, 6.07) is -0.385. The monoisotopic (exact) mass is 282 g/mol. The molecule has 1 fully saturated rings. The Kier molecular flexibility index (Phi) is 7.04. The summed E-state index contributed by atoms with van der Waals surface area (Å²) in [5.74, 6) is 0.524. The van der Waals surface area contributed by atoms with E-state index in [0.717, 1.165) is 32.1 Å². The Labute approximate surface area is 120 Å². The summed E-state index contributed by atoms with van der Waals surface area (Å²) < 4.78 is 0. The van der Waals surface area contributed by atoms with Gasteiger partial charge in [-0.1, -0.05) is 12.8 Å². The molecule has 1 aliphatic carbocycles. The number of amides is 1. The number of carbonyl (C=O) groups is 2. The highest BCUT2D eigenvalue weighted by Gasteiger charge is 2.25. The Balaban J connectivity index is 2.32. The first-order valence-electron chi connectivity index (χ1n) is 7.31. The second-order valence-electron chi connectivity index (χ2n) is 5.33. The molecule has 1 rings (SSSR count). The summed E-state index contributed by atoms with van der Waals surface area (Å²) in [6.45, 7) is 2.17. The van der Waals surface area contributed by atoms with Crippen LogP contribution < -0.4 is 16.4 Å². The van der Waals surface area contributed by atoms with E-state index in [4.69, 9.17) is 5.73 Å². The number of rotatable bonds is 7. The third kappa shape index (κ3) is 5.59. The number of ketones is 1. The summed E-state index contributed by atoms with van der Waals surface area (Å²) in [5.41, 5.74) is 5.52. The molecule has 1 amide bonds. The van der Waals surface area contributed by atoms with Crippen LogP contribution >= 0.6 is 0 Å². The fourth-order valence-electron chi connectivity index (χ4n) is 2.46. The van der Waals surface area contributed by atoms with Crippen molar-refractivity contribution in [2.24, 2.45) is 16.6 Å². The quantitative estimate of drug-likeness (QED) is 0.361. The highest BCUT2D eigenvalue weighted by Crippen LogP contribution is 2.24. The summed E-state index contributed by atoms with van der Waals surface area (Å²) in [7, 11) is 1.61. The first kappa shape index (κ1) is 16.5. The van der Waals surface area contributed by atoms with E-state index >= 15 is 0 Å². The molecule has 114 valence electrons. The lowest BCUT2D eigenvalue weighted by molar-refractivity contribution is -0.129. The molecule has 0 aromatic carbocycles. The van der Waals surface area contributed by atoms with Gasteiger partial charge >= 0.3 is 0 Å². The van der Waals surface area contributed by atoms with Crippen molar-refractivity contribution >= 4 is 17.6 Å². The number of guanidine groups is 1. The average molecular weight is 282 g/mol. The first-order chi connectivity index (χ1) is 9.54. The van der Waals surface area contributed by atoms with Crippen molar-refractivity contribution in [3.8, 4) is 0 Å². The highest BCUT2D eigenvalue weighted by molar-refractivity contribution is 5.88. The predicted molar refractivity (Wildman–Crippen MR) is 79.4 cm³/mol. The zero-order valence-corrected chi connectivity index (χ0v) is 12.4. The van der Waals surface area contributed by atoms with Crippen LogP contribution in [0.3, 0.4) is 0 Å². The Morgan fingerprint density at radius 2 is 2.00 bits per heavy atom. The number of hydrogen-bond acceptors (Lipinski definition) is 3. The van der Waals surface area contributed by atoms with Gasteiger partial charge in [-0.2, -0.15) is 0 Å². The van der Waals surface area contributed by atoms with E-state index in [-0.39, 0.29) is 23.7 Å². The van der Waals surface area contributed by atoms with Gasteiger partial charge in [0.15, 0.2) is 11.7 Å². The van der Waals surface area contributed by atoms with Gasteiger partial charge in [-0.25, -0.2) is 0 Å². The molecular weight excluding hydrogens is 256 g/mol. The number of carbonyl (C=O) groups excluding carboxylic acids is 2. The smallest absolute Gasteiger partial charge is 0.223 e. The van der Waals surface area contributed by atoms with E-state index in [9.17, 15) is 9.59 Å². The maximum absolute atomic E-state index is 12.0. The Morgan fingerprint density at radius 1 is 1.35 bits per heavy atom. The molecule has 0 unspecified atom stereocenters. The summed E-state index contributed by atoms with van der Waals surface area (Å²) in [5, 5.41) is 5.82. The predicted octanol–water partition coefficient (Wildman–Crippen LogP) is 0.565. The van der Waals surface area contributed by atoms with Gasteiger partial charge in [0.25, 0.3) is 0 Å². The van der Waals surface area contributed by atoms with Gasteiger partial charge in [-0.05, 0) is 32.6 Å².